The number of carbonyl (C=O) groups excluding carboxylic acids is 4. The number of benzene rings is 1. The molecule has 5 N–H and O–H groups in total. The van der Waals surface area contributed by atoms with E-state index >= 15 is 0 Å². The number of carboxylic acid groups (broad SMARTS) is 1. The first-order valence-electron chi connectivity index (χ1n) is 11.3. The summed E-state index contributed by atoms with van der Waals surface area (Å²) in [6.07, 6.45) is 1.63. The molecule has 4 unspecified atom stereocenters. The van der Waals surface area contributed by atoms with Gasteiger partial charge in [-0.05, 0) is 37.0 Å². The largest absolute Gasteiger partial charge is 0.480 e. The third-order valence-electron chi connectivity index (χ3n) is 6.41. The van der Waals surface area contributed by atoms with Gasteiger partial charge in [0.1, 0.15) is 11.3 Å². The average molecular weight is 475 g/mol. The van der Waals surface area contributed by atoms with Gasteiger partial charge < -0.3 is 20.9 Å². The minimum absolute atomic E-state index is 0.00640. The molecule has 34 heavy (non-hydrogen) atoms. The predicted molar refractivity (Wildman–Crippen MR) is 119 cm³/mol. The van der Waals surface area contributed by atoms with Crippen LogP contribution in [-0.2, 0) is 19.2 Å². The van der Waals surface area contributed by atoms with Crippen molar-refractivity contribution in [3.63, 3.8) is 0 Å². The molecule has 2 aliphatic heterocycles. The number of imide groups is 1. The molecule has 0 bridgehead atoms. The van der Waals surface area contributed by atoms with Crippen molar-refractivity contribution in [2.45, 2.75) is 51.1 Å². The van der Waals surface area contributed by atoms with E-state index in [1.54, 1.807) is 24.3 Å². The number of likely N-dealkylation sites (tertiary alicyclic amines) is 1. The number of ether oxygens (including phenoxy) is 1. The lowest BCUT2D eigenvalue weighted by atomic mass is 9.77. The molecule has 1 aromatic carbocycles. The molecule has 2 aliphatic rings. The van der Waals surface area contributed by atoms with Gasteiger partial charge in [0.25, 0.3) is 0 Å². The number of urea groups is 1. The number of carbonyl (C=O) groups is 5. The molecule has 184 valence electrons. The highest BCUT2D eigenvalue weighted by atomic mass is 16.5. The molecule has 1 aromatic rings. The molecule has 0 spiro atoms. The van der Waals surface area contributed by atoms with Crippen LogP contribution >= 0.6 is 0 Å². The molecule has 11 nitrogen and oxygen atoms in total. The van der Waals surface area contributed by atoms with E-state index in [-0.39, 0.29) is 25.9 Å². The van der Waals surface area contributed by atoms with Gasteiger partial charge in [-0.2, -0.15) is 0 Å². The van der Waals surface area contributed by atoms with Crippen molar-refractivity contribution < 1.29 is 33.8 Å². The summed E-state index contributed by atoms with van der Waals surface area (Å²) in [4.78, 5) is 62.7. The van der Waals surface area contributed by atoms with Crippen molar-refractivity contribution in [1.29, 1.82) is 0 Å². The molecular weight excluding hydrogens is 444 g/mol. The number of esters is 1. The van der Waals surface area contributed by atoms with Crippen LogP contribution in [0.25, 0.3) is 0 Å². The second kappa shape index (κ2) is 10.2. The number of unbranched alkanes of at least 4 members (excludes halogenated alkanes) is 1. The second-order valence-corrected chi connectivity index (χ2v) is 8.64. The first kappa shape index (κ1) is 25.2. The monoisotopic (exact) mass is 474 g/mol. The number of amides is 4. The van der Waals surface area contributed by atoms with E-state index in [1.807, 2.05) is 6.92 Å². The lowest BCUT2D eigenvalue weighted by Gasteiger charge is -2.31. The number of aliphatic carboxylic acids is 1. The van der Waals surface area contributed by atoms with E-state index < -0.39 is 53.2 Å². The zero-order chi connectivity index (χ0) is 25.0. The highest BCUT2D eigenvalue weighted by Gasteiger charge is 2.67. The lowest BCUT2D eigenvalue weighted by Crippen LogP contribution is -2.56. The summed E-state index contributed by atoms with van der Waals surface area (Å²) in [5.74, 6) is -4.30. The van der Waals surface area contributed by atoms with Gasteiger partial charge in [0.15, 0.2) is 0 Å². The Balaban J connectivity index is 1.98. The van der Waals surface area contributed by atoms with Crippen LogP contribution in [0.15, 0.2) is 24.3 Å². The van der Waals surface area contributed by atoms with E-state index in [9.17, 15) is 29.1 Å². The first-order chi connectivity index (χ1) is 16.1. The van der Waals surface area contributed by atoms with Gasteiger partial charge in [-0.25, -0.2) is 4.79 Å². The van der Waals surface area contributed by atoms with E-state index in [1.165, 1.54) is 11.8 Å². The molecule has 2 saturated heterocycles. The average Bonchev–Trinajstić information content (AvgIpc) is 3.24. The van der Waals surface area contributed by atoms with Crippen LogP contribution in [0.1, 0.15) is 51.1 Å². The van der Waals surface area contributed by atoms with Crippen LogP contribution in [0.2, 0.25) is 0 Å². The molecule has 4 amide bonds. The minimum atomic E-state index is -1.70. The number of hydrogen-bond acceptors (Lipinski definition) is 7. The summed E-state index contributed by atoms with van der Waals surface area (Å²) in [6.45, 7) is 3.58. The Labute approximate surface area is 197 Å². The van der Waals surface area contributed by atoms with Gasteiger partial charge in [-0.3, -0.25) is 29.4 Å². The van der Waals surface area contributed by atoms with Crippen LogP contribution in [0.3, 0.4) is 0 Å². The Morgan fingerprint density at radius 2 is 1.85 bits per heavy atom. The third kappa shape index (κ3) is 4.74. The highest BCUT2D eigenvalue weighted by Crippen LogP contribution is 2.50. The molecule has 2 heterocycles. The van der Waals surface area contributed by atoms with Crippen LogP contribution in [-0.4, -0.2) is 58.4 Å². The van der Waals surface area contributed by atoms with Gasteiger partial charge >= 0.3 is 18.0 Å². The fraction of sp³-hybridized carbons (Fsp3) is 0.522. The third-order valence-corrected chi connectivity index (χ3v) is 6.41. The number of rotatable bonds is 10. The van der Waals surface area contributed by atoms with E-state index in [4.69, 9.17) is 10.5 Å². The molecule has 11 heteroatoms. The van der Waals surface area contributed by atoms with E-state index in [0.717, 1.165) is 6.42 Å². The molecular formula is C23H30N4O7. The maximum Gasteiger partial charge on any atom is 0.324 e. The first-order valence-corrected chi connectivity index (χ1v) is 11.3. The summed E-state index contributed by atoms with van der Waals surface area (Å²) in [7, 11) is 0. The lowest BCUT2D eigenvalue weighted by molar-refractivity contribution is -0.151. The summed E-state index contributed by atoms with van der Waals surface area (Å²) in [5.41, 5.74) is 3.99. The van der Waals surface area contributed by atoms with Crippen molar-refractivity contribution >= 4 is 29.8 Å². The summed E-state index contributed by atoms with van der Waals surface area (Å²) >= 11 is 0. The smallest absolute Gasteiger partial charge is 0.324 e. The zero-order valence-corrected chi connectivity index (χ0v) is 19.2. The number of hydrogen-bond donors (Lipinski definition) is 4. The maximum absolute atomic E-state index is 13.4. The standard InChI is InChI=1S/C23H30N4O7/c1-3-4-12-27-19(29)16-17(20(27)30)23(21(31)32,10-5-11-25-22(24)33)26-18(16)14-6-8-15(9-7-14)34-13(2)28/h6-9,16-18,26H,3-5,10-12H2,1-2H3,(H,31,32)(H3,24,25,33). The quantitative estimate of drug-likeness (QED) is 0.168. The van der Waals surface area contributed by atoms with Gasteiger partial charge in [0.2, 0.25) is 11.8 Å². The van der Waals surface area contributed by atoms with Crippen LogP contribution in [0.5, 0.6) is 5.75 Å². The number of carboxylic acids is 1. The van der Waals surface area contributed by atoms with Crippen LogP contribution in [0.4, 0.5) is 4.79 Å². The molecule has 0 saturated carbocycles. The number of nitrogens with one attached hydrogen (secondary N) is 2. The van der Waals surface area contributed by atoms with Crippen molar-refractivity contribution in [2.24, 2.45) is 17.6 Å². The van der Waals surface area contributed by atoms with Crippen molar-refractivity contribution in [2.75, 3.05) is 13.1 Å². The van der Waals surface area contributed by atoms with Crippen molar-refractivity contribution in [1.82, 2.24) is 15.5 Å². The fourth-order valence-electron chi connectivity index (χ4n) is 4.91. The Morgan fingerprint density at radius 3 is 2.41 bits per heavy atom. The van der Waals surface area contributed by atoms with Gasteiger partial charge in [0.05, 0.1) is 11.8 Å². The minimum Gasteiger partial charge on any atom is -0.480 e. The molecule has 3 rings (SSSR count). The van der Waals surface area contributed by atoms with Gasteiger partial charge in [-0.1, -0.05) is 25.5 Å². The molecule has 0 aliphatic carbocycles. The fourth-order valence-corrected chi connectivity index (χ4v) is 4.91. The number of nitrogens with two attached hydrogens (primary N) is 1. The highest BCUT2D eigenvalue weighted by molar-refractivity contribution is 6.09. The molecule has 0 aromatic heterocycles. The topological polar surface area (TPSA) is 168 Å². The number of primary amides is 1. The molecule has 2 fully saturated rings. The van der Waals surface area contributed by atoms with Gasteiger partial charge in [0, 0.05) is 26.1 Å². The Morgan fingerprint density at radius 1 is 1.18 bits per heavy atom. The molecule has 4 atom stereocenters. The summed E-state index contributed by atoms with van der Waals surface area (Å²) < 4.78 is 5.05. The van der Waals surface area contributed by atoms with Crippen LogP contribution < -0.4 is 21.1 Å². The van der Waals surface area contributed by atoms with E-state index in [0.29, 0.717) is 17.7 Å². The Kier molecular flexibility index (Phi) is 7.55. The van der Waals surface area contributed by atoms with E-state index in [2.05, 4.69) is 10.6 Å². The Hall–Kier alpha value is -3.47. The SMILES string of the molecule is CCCCN1C(=O)C2C(c3ccc(OC(C)=O)cc3)NC(CCCNC(N)=O)(C(=O)O)C2C1=O. The second-order valence-electron chi connectivity index (χ2n) is 8.64. The Bertz CT molecular complexity index is 980. The van der Waals surface area contributed by atoms with Crippen LogP contribution in [0, 0.1) is 11.8 Å². The van der Waals surface area contributed by atoms with Crippen molar-refractivity contribution in [3.8, 4) is 5.75 Å². The molecule has 0 radical (unpaired) electrons. The predicted octanol–water partition coefficient (Wildman–Crippen LogP) is 0.929. The van der Waals surface area contributed by atoms with Gasteiger partial charge in [-0.15, -0.1) is 0 Å². The number of nitrogens with zero attached hydrogens (tertiary/aromatic N) is 1. The zero-order valence-electron chi connectivity index (χ0n) is 19.2. The normalized spacial score (nSPS) is 25.8. The summed E-state index contributed by atoms with van der Waals surface area (Å²) in [6, 6.07) is 4.94. The summed E-state index contributed by atoms with van der Waals surface area (Å²) in [5, 5.41) is 15.8. The number of fused-ring (bicyclic) bond motifs is 1. The maximum atomic E-state index is 13.4. The van der Waals surface area contributed by atoms with Crippen molar-refractivity contribution in [3.05, 3.63) is 29.8 Å².